The van der Waals surface area contributed by atoms with Crippen LogP contribution in [0.1, 0.15) is 22.3 Å². The van der Waals surface area contributed by atoms with Gasteiger partial charge in [-0.05, 0) is 141 Å². The van der Waals surface area contributed by atoms with Crippen molar-refractivity contribution in [1.29, 1.82) is 0 Å². The van der Waals surface area contributed by atoms with Crippen molar-refractivity contribution in [3.63, 3.8) is 0 Å². The summed E-state index contributed by atoms with van der Waals surface area (Å²) >= 11 is 0. The molecule has 0 atom stereocenters. The van der Waals surface area contributed by atoms with E-state index in [0.717, 1.165) is 21.9 Å². The Kier molecular flexibility index (Phi) is 6.43. The van der Waals surface area contributed by atoms with Gasteiger partial charge >= 0.3 is 0 Å². The highest BCUT2D eigenvalue weighted by Crippen LogP contribution is 2.60. The fourth-order valence-corrected chi connectivity index (χ4v) is 10.6. The number of hydrogen-bond acceptors (Lipinski definition) is 1. The predicted molar refractivity (Wildman–Crippen MR) is 243 cm³/mol. The van der Waals surface area contributed by atoms with Crippen molar-refractivity contribution < 1.29 is 4.42 Å². The molecule has 0 fully saturated rings. The molecule has 1 aliphatic rings. The lowest BCUT2D eigenvalue weighted by Gasteiger charge is -2.34. The molecule has 0 saturated heterocycles. The summed E-state index contributed by atoms with van der Waals surface area (Å²) in [4.78, 5) is 0. The first-order chi connectivity index (χ1) is 28.7. The average Bonchev–Trinajstić information content (AvgIpc) is 3.80. The third kappa shape index (κ3) is 4.25. The molecule has 0 saturated carbocycles. The van der Waals surface area contributed by atoms with Crippen LogP contribution in [0.5, 0.6) is 0 Å². The van der Waals surface area contributed by atoms with Crippen LogP contribution in [0.2, 0.25) is 0 Å². The van der Waals surface area contributed by atoms with E-state index in [2.05, 4.69) is 200 Å². The zero-order valence-electron chi connectivity index (χ0n) is 31.5. The Labute approximate surface area is 335 Å². The molecule has 0 unspecified atom stereocenters. The van der Waals surface area contributed by atoms with Gasteiger partial charge in [0.05, 0.1) is 5.41 Å². The Bertz CT molecular complexity index is 3550. The molecule has 0 N–H and O–H groups in total. The van der Waals surface area contributed by atoms with Crippen molar-refractivity contribution in [2.75, 3.05) is 0 Å². The summed E-state index contributed by atoms with van der Waals surface area (Å²) in [6, 6.07) is 76.8. The van der Waals surface area contributed by atoms with Crippen LogP contribution < -0.4 is 0 Å². The second-order valence-corrected chi connectivity index (χ2v) is 16.0. The van der Waals surface area contributed by atoms with Gasteiger partial charge in [-0.3, -0.25) is 0 Å². The third-order valence-corrected chi connectivity index (χ3v) is 13.0. The summed E-state index contributed by atoms with van der Waals surface area (Å²) in [5.74, 6) is 0. The van der Waals surface area contributed by atoms with Crippen molar-refractivity contribution in [2.45, 2.75) is 5.41 Å². The van der Waals surface area contributed by atoms with E-state index in [9.17, 15) is 0 Å². The van der Waals surface area contributed by atoms with Crippen LogP contribution >= 0.6 is 0 Å². The number of furan rings is 1. The van der Waals surface area contributed by atoms with Gasteiger partial charge in [0, 0.05) is 10.8 Å². The molecule has 13 rings (SSSR count). The van der Waals surface area contributed by atoms with Crippen LogP contribution in [-0.2, 0) is 5.41 Å². The second kappa shape index (κ2) is 11.8. The standard InChI is InChI=1S/C57H34O/c1-3-16-42(17-4-1)57(43-18-5-2-6-19-43)50-33-39-13-8-7-12-38(39)30-49(50)56-47(40-26-29-53-48(31-40)45-20-9-10-21-52(45)58-53)32-41(34-51(56)57)44-27-24-37-23-22-35-14-11-15-36-25-28-46(44)55(37)54(35)36/h1-34H. The van der Waals surface area contributed by atoms with Gasteiger partial charge in [0.2, 0.25) is 0 Å². The molecule has 0 aliphatic heterocycles. The molecule has 268 valence electrons. The first-order valence-electron chi connectivity index (χ1n) is 20.2. The number of benzene rings is 11. The quantitative estimate of drug-likeness (QED) is 0.164. The van der Waals surface area contributed by atoms with Gasteiger partial charge in [0.15, 0.2) is 0 Å². The Morgan fingerprint density at radius 2 is 0.931 bits per heavy atom. The second-order valence-electron chi connectivity index (χ2n) is 16.0. The summed E-state index contributed by atoms with van der Waals surface area (Å²) < 4.78 is 6.39. The summed E-state index contributed by atoms with van der Waals surface area (Å²) in [6.07, 6.45) is 0. The van der Waals surface area contributed by atoms with Crippen LogP contribution in [0.25, 0.3) is 98.4 Å². The van der Waals surface area contributed by atoms with E-state index < -0.39 is 5.41 Å². The number of hydrogen-bond donors (Lipinski definition) is 0. The molecule has 58 heavy (non-hydrogen) atoms. The highest BCUT2D eigenvalue weighted by atomic mass is 16.3. The molecule has 1 heteroatoms. The maximum atomic E-state index is 6.39. The molecule has 1 aromatic heterocycles. The van der Waals surface area contributed by atoms with Crippen molar-refractivity contribution in [2.24, 2.45) is 0 Å². The fourth-order valence-electron chi connectivity index (χ4n) is 10.6. The van der Waals surface area contributed by atoms with Crippen molar-refractivity contribution in [3.05, 3.63) is 229 Å². The lowest BCUT2D eigenvalue weighted by molar-refractivity contribution is 0.669. The van der Waals surface area contributed by atoms with Gasteiger partial charge in [0.25, 0.3) is 0 Å². The van der Waals surface area contributed by atoms with Crippen LogP contribution in [0.4, 0.5) is 0 Å². The van der Waals surface area contributed by atoms with Crippen molar-refractivity contribution >= 4 is 65.0 Å². The van der Waals surface area contributed by atoms with E-state index in [4.69, 9.17) is 4.42 Å². The Morgan fingerprint density at radius 3 is 1.71 bits per heavy atom. The van der Waals surface area contributed by atoms with E-state index in [1.807, 2.05) is 6.07 Å². The van der Waals surface area contributed by atoms with Crippen molar-refractivity contribution in [3.8, 4) is 33.4 Å². The minimum Gasteiger partial charge on any atom is -0.456 e. The van der Waals surface area contributed by atoms with E-state index in [0.29, 0.717) is 0 Å². The smallest absolute Gasteiger partial charge is 0.135 e. The topological polar surface area (TPSA) is 13.1 Å². The fraction of sp³-hybridized carbons (Fsp3) is 0.0175. The SMILES string of the molecule is c1ccc(C2(c3ccccc3)c3cc4ccccc4cc3-c3c(-c4ccc5oc6ccccc6c5c4)cc(-c4ccc5ccc6cccc7ccc4c5c67)cc32)cc1. The molecule has 12 aromatic rings. The molecule has 0 spiro atoms. The summed E-state index contributed by atoms with van der Waals surface area (Å²) in [5, 5.41) is 12.5. The third-order valence-electron chi connectivity index (χ3n) is 13.0. The van der Waals surface area contributed by atoms with Gasteiger partial charge in [0.1, 0.15) is 11.2 Å². The highest BCUT2D eigenvalue weighted by Gasteiger charge is 2.47. The summed E-state index contributed by atoms with van der Waals surface area (Å²) in [6.45, 7) is 0. The molecule has 1 nitrogen and oxygen atoms in total. The Balaban J connectivity index is 1.22. The van der Waals surface area contributed by atoms with Crippen molar-refractivity contribution in [1.82, 2.24) is 0 Å². The normalized spacial score (nSPS) is 13.3. The molecular weight excluding hydrogens is 701 g/mol. The molecule has 11 aromatic carbocycles. The first-order valence-corrected chi connectivity index (χ1v) is 20.2. The minimum absolute atomic E-state index is 0.585. The lowest BCUT2D eigenvalue weighted by Crippen LogP contribution is -2.28. The number of rotatable bonds is 4. The first kappa shape index (κ1) is 31.7. The Morgan fingerprint density at radius 1 is 0.310 bits per heavy atom. The molecule has 0 bridgehead atoms. The lowest BCUT2D eigenvalue weighted by atomic mass is 9.67. The van der Waals surface area contributed by atoms with Gasteiger partial charge in [-0.25, -0.2) is 0 Å². The largest absolute Gasteiger partial charge is 0.456 e. The number of para-hydroxylation sites is 1. The molecule has 1 heterocycles. The van der Waals surface area contributed by atoms with Crippen LogP contribution in [0.3, 0.4) is 0 Å². The van der Waals surface area contributed by atoms with E-state index in [1.165, 1.54) is 98.7 Å². The Hall–Kier alpha value is -7.48. The average molecular weight is 735 g/mol. The predicted octanol–water partition coefficient (Wildman–Crippen LogP) is 15.3. The maximum Gasteiger partial charge on any atom is 0.135 e. The van der Waals surface area contributed by atoms with Crippen LogP contribution in [0.15, 0.2) is 211 Å². The maximum absolute atomic E-state index is 6.39. The molecular formula is C57H34O. The zero-order chi connectivity index (χ0) is 38.0. The molecule has 0 amide bonds. The highest BCUT2D eigenvalue weighted by molar-refractivity contribution is 6.25. The zero-order valence-corrected chi connectivity index (χ0v) is 31.5. The minimum atomic E-state index is -0.585. The van der Waals surface area contributed by atoms with E-state index >= 15 is 0 Å². The monoisotopic (exact) mass is 734 g/mol. The number of fused-ring (bicyclic) bond motifs is 7. The molecule has 1 aliphatic carbocycles. The summed E-state index contributed by atoms with van der Waals surface area (Å²) in [7, 11) is 0. The summed E-state index contributed by atoms with van der Waals surface area (Å²) in [5.41, 5.74) is 13.7. The van der Waals surface area contributed by atoms with Gasteiger partial charge in [-0.1, -0.05) is 164 Å². The van der Waals surface area contributed by atoms with Crippen LogP contribution in [0, 0.1) is 0 Å². The van der Waals surface area contributed by atoms with Gasteiger partial charge < -0.3 is 4.42 Å². The van der Waals surface area contributed by atoms with Crippen LogP contribution in [-0.4, -0.2) is 0 Å². The molecule has 0 radical (unpaired) electrons. The van der Waals surface area contributed by atoms with Gasteiger partial charge in [-0.2, -0.15) is 0 Å². The van der Waals surface area contributed by atoms with Gasteiger partial charge in [-0.15, -0.1) is 0 Å². The van der Waals surface area contributed by atoms with E-state index in [1.54, 1.807) is 0 Å². The van der Waals surface area contributed by atoms with E-state index in [-0.39, 0.29) is 0 Å².